The van der Waals surface area contributed by atoms with Crippen LogP contribution in [0.25, 0.3) is 0 Å². The zero-order valence-electron chi connectivity index (χ0n) is 21.5. The maximum Gasteiger partial charge on any atom is 0.417 e. The second-order valence-electron chi connectivity index (χ2n) is 8.99. The molecule has 39 heavy (non-hydrogen) atoms. The summed E-state index contributed by atoms with van der Waals surface area (Å²) in [4.78, 5) is 38.1. The molecule has 0 saturated heterocycles. The summed E-state index contributed by atoms with van der Waals surface area (Å²) in [6, 6.07) is 8.74. The van der Waals surface area contributed by atoms with Crippen LogP contribution in [-0.4, -0.2) is 62.3 Å². The van der Waals surface area contributed by atoms with E-state index in [0.717, 1.165) is 6.07 Å². The van der Waals surface area contributed by atoms with Crippen molar-refractivity contribution in [3.05, 3.63) is 52.5 Å². The van der Waals surface area contributed by atoms with Gasteiger partial charge >= 0.3 is 18.2 Å². The number of rotatable bonds is 10. The van der Waals surface area contributed by atoms with Gasteiger partial charge in [0.2, 0.25) is 5.91 Å². The molecular formula is C25H27ClF3N5O5. The minimum Gasteiger partial charge on any atom is -0.461 e. The summed E-state index contributed by atoms with van der Waals surface area (Å²) in [6.07, 6.45) is -5.64. The van der Waals surface area contributed by atoms with Crippen LogP contribution in [-0.2, 0) is 25.2 Å². The fourth-order valence-electron chi connectivity index (χ4n) is 3.10. The van der Waals surface area contributed by atoms with Crippen molar-refractivity contribution in [1.29, 1.82) is 5.26 Å². The van der Waals surface area contributed by atoms with Crippen LogP contribution in [0, 0.1) is 11.3 Å². The fourth-order valence-corrected chi connectivity index (χ4v) is 3.26. The predicted molar refractivity (Wildman–Crippen MR) is 138 cm³/mol. The Kier molecular flexibility index (Phi) is 10.5. The molecule has 2 amide bonds. The van der Waals surface area contributed by atoms with Crippen LogP contribution in [0.3, 0.4) is 0 Å². The first kappa shape index (κ1) is 31.2. The van der Waals surface area contributed by atoms with Gasteiger partial charge in [0.1, 0.15) is 18.8 Å². The SMILES string of the molecule is CN(C)CC(=O)OCCOC(=O)Nc1cc(NC(C)(C)C(=O)Nc2ccc(C#N)c(C(F)(F)F)c2)ccc1Cl. The van der Waals surface area contributed by atoms with E-state index in [4.69, 9.17) is 26.3 Å². The molecule has 0 fully saturated rings. The summed E-state index contributed by atoms with van der Waals surface area (Å²) in [5.41, 5.74) is -2.72. The van der Waals surface area contributed by atoms with Crippen molar-refractivity contribution in [3.63, 3.8) is 0 Å². The van der Waals surface area contributed by atoms with E-state index < -0.39 is 40.8 Å². The molecule has 14 heteroatoms. The standard InChI is InChI=1S/C25H27ClF3N5O5/c1-24(2,22(36)31-16-6-5-15(13-30)18(11-16)25(27,28)29)33-17-7-8-19(26)20(12-17)32-23(37)39-10-9-38-21(35)14-34(3)4/h5-8,11-12,33H,9-10,14H2,1-4H3,(H,31,36)(H,32,37). The van der Waals surface area contributed by atoms with E-state index in [1.165, 1.54) is 44.2 Å². The third-order valence-corrected chi connectivity index (χ3v) is 5.29. The Morgan fingerprint density at radius 2 is 1.64 bits per heavy atom. The molecule has 0 spiro atoms. The number of anilines is 3. The van der Waals surface area contributed by atoms with Gasteiger partial charge in [-0.2, -0.15) is 18.4 Å². The maximum absolute atomic E-state index is 13.2. The van der Waals surface area contributed by atoms with Gasteiger partial charge in [-0.1, -0.05) is 11.6 Å². The lowest BCUT2D eigenvalue weighted by atomic mass is 10.0. The van der Waals surface area contributed by atoms with Gasteiger partial charge in [0.25, 0.3) is 0 Å². The van der Waals surface area contributed by atoms with E-state index in [-0.39, 0.29) is 36.2 Å². The van der Waals surface area contributed by atoms with Gasteiger partial charge in [0, 0.05) is 11.4 Å². The maximum atomic E-state index is 13.2. The van der Waals surface area contributed by atoms with E-state index in [1.807, 2.05) is 0 Å². The fraction of sp³-hybridized carbons (Fsp3) is 0.360. The van der Waals surface area contributed by atoms with Gasteiger partial charge in [-0.15, -0.1) is 0 Å². The number of esters is 1. The van der Waals surface area contributed by atoms with E-state index in [9.17, 15) is 27.6 Å². The lowest BCUT2D eigenvalue weighted by Gasteiger charge is -2.27. The number of alkyl halides is 3. The second kappa shape index (κ2) is 13.2. The first-order valence-corrected chi connectivity index (χ1v) is 11.7. The van der Waals surface area contributed by atoms with Crippen LogP contribution in [0.5, 0.6) is 0 Å². The van der Waals surface area contributed by atoms with Crippen LogP contribution in [0.15, 0.2) is 36.4 Å². The summed E-state index contributed by atoms with van der Waals surface area (Å²) >= 11 is 6.14. The zero-order chi connectivity index (χ0) is 29.4. The first-order chi connectivity index (χ1) is 18.1. The molecular weight excluding hydrogens is 543 g/mol. The summed E-state index contributed by atoms with van der Waals surface area (Å²) in [5, 5.41) is 16.9. The van der Waals surface area contributed by atoms with E-state index in [0.29, 0.717) is 11.8 Å². The van der Waals surface area contributed by atoms with Crippen LogP contribution < -0.4 is 16.0 Å². The monoisotopic (exact) mass is 569 g/mol. The van der Waals surface area contributed by atoms with Gasteiger partial charge in [-0.25, -0.2) is 4.79 Å². The van der Waals surface area contributed by atoms with Crippen LogP contribution in [0.4, 0.5) is 35.0 Å². The molecule has 2 rings (SSSR count). The number of ether oxygens (including phenoxy) is 2. The van der Waals surface area contributed by atoms with Crippen molar-refractivity contribution in [2.45, 2.75) is 25.6 Å². The molecule has 0 bridgehead atoms. The Hall–Kier alpha value is -4.02. The number of hydrogen-bond acceptors (Lipinski definition) is 8. The molecule has 3 N–H and O–H groups in total. The molecule has 0 aromatic heterocycles. The summed E-state index contributed by atoms with van der Waals surface area (Å²) in [5.74, 6) is -1.15. The Balaban J connectivity index is 2.02. The molecule has 0 radical (unpaired) electrons. The lowest BCUT2D eigenvalue weighted by Crippen LogP contribution is -2.44. The molecule has 10 nitrogen and oxygen atoms in total. The average molecular weight is 570 g/mol. The smallest absolute Gasteiger partial charge is 0.417 e. The highest BCUT2D eigenvalue weighted by Crippen LogP contribution is 2.34. The minimum atomic E-state index is -4.77. The van der Waals surface area contributed by atoms with Crippen molar-refractivity contribution in [2.24, 2.45) is 0 Å². The Bertz CT molecular complexity index is 1260. The van der Waals surface area contributed by atoms with Gasteiger partial charge in [-0.3, -0.25) is 19.8 Å². The van der Waals surface area contributed by atoms with E-state index in [2.05, 4.69) is 16.0 Å². The number of carbonyl (C=O) groups excluding carboxylic acids is 3. The molecule has 0 heterocycles. The Morgan fingerprint density at radius 1 is 1.00 bits per heavy atom. The number of amides is 2. The number of nitrogens with one attached hydrogen (secondary N) is 3. The van der Waals surface area contributed by atoms with Crippen molar-refractivity contribution < 1.29 is 37.0 Å². The average Bonchev–Trinajstić information content (AvgIpc) is 2.82. The highest BCUT2D eigenvalue weighted by atomic mass is 35.5. The largest absolute Gasteiger partial charge is 0.461 e. The predicted octanol–water partition coefficient (Wildman–Crippen LogP) is 4.71. The molecule has 0 aliphatic heterocycles. The number of halogens is 4. The Labute approximate surface area is 228 Å². The minimum absolute atomic E-state index is 0.0814. The van der Waals surface area contributed by atoms with Crippen molar-refractivity contribution in [1.82, 2.24) is 4.90 Å². The number of benzene rings is 2. The highest BCUT2D eigenvalue weighted by Gasteiger charge is 2.34. The first-order valence-electron chi connectivity index (χ1n) is 11.4. The molecule has 2 aromatic carbocycles. The molecule has 0 unspecified atom stereocenters. The van der Waals surface area contributed by atoms with Gasteiger partial charge < -0.3 is 20.1 Å². The van der Waals surface area contributed by atoms with Crippen molar-refractivity contribution in [2.75, 3.05) is 49.8 Å². The van der Waals surface area contributed by atoms with Crippen molar-refractivity contribution >= 4 is 46.6 Å². The van der Waals surface area contributed by atoms with Crippen LogP contribution >= 0.6 is 11.6 Å². The van der Waals surface area contributed by atoms with Gasteiger partial charge in [-0.05, 0) is 64.3 Å². The number of likely N-dealkylation sites (N-methyl/N-ethyl adjacent to an activating group) is 1. The summed E-state index contributed by atoms with van der Waals surface area (Å²) < 4.78 is 49.6. The molecule has 0 aliphatic carbocycles. The van der Waals surface area contributed by atoms with Gasteiger partial charge in [0.15, 0.2) is 0 Å². The van der Waals surface area contributed by atoms with Crippen LogP contribution in [0.2, 0.25) is 5.02 Å². The molecule has 0 aliphatic rings. The highest BCUT2D eigenvalue weighted by molar-refractivity contribution is 6.33. The second-order valence-corrected chi connectivity index (χ2v) is 9.40. The van der Waals surface area contributed by atoms with Crippen LogP contribution in [0.1, 0.15) is 25.0 Å². The van der Waals surface area contributed by atoms with Crippen molar-refractivity contribution in [3.8, 4) is 6.07 Å². The number of carbonyl (C=O) groups is 3. The van der Waals surface area contributed by atoms with Gasteiger partial charge in [0.05, 0.1) is 34.5 Å². The third kappa shape index (κ3) is 9.66. The van der Waals surface area contributed by atoms with E-state index in [1.54, 1.807) is 19.0 Å². The summed E-state index contributed by atoms with van der Waals surface area (Å²) in [6.45, 7) is 2.73. The molecule has 210 valence electrons. The molecule has 2 aromatic rings. The Morgan fingerprint density at radius 3 is 2.26 bits per heavy atom. The third-order valence-electron chi connectivity index (χ3n) is 4.96. The molecule has 0 saturated carbocycles. The zero-order valence-corrected chi connectivity index (χ0v) is 22.3. The molecule has 0 atom stereocenters. The quantitative estimate of drug-likeness (QED) is 0.277. The van der Waals surface area contributed by atoms with E-state index >= 15 is 0 Å². The number of nitrogens with zero attached hydrogens (tertiary/aromatic N) is 2. The summed E-state index contributed by atoms with van der Waals surface area (Å²) in [7, 11) is 3.40. The lowest BCUT2D eigenvalue weighted by molar-refractivity contribution is -0.145. The topological polar surface area (TPSA) is 133 Å². The normalized spacial score (nSPS) is 11.4. The number of hydrogen-bond donors (Lipinski definition) is 3. The number of nitriles is 1.